The highest BCUT2D eigenvalue weighted by atomic mass is 16.5. The second kappa shape index (κ2) is 6.56. The largest absolute Gasteiger partial charge is 0.384 e. The summed E-state index contributed by atoms with van der Waals surface area (Å²) in [6.45, 7) is 3.70. The molecule has 2 aromatic carbocycles. The van der Waals surface area contributed by atoms with Crippen LogP contribution in [0.25, 0.3) is 10.8 Å². The molecule has 1 aliphatic rings. The fourth-order valence-corrected chi connectivity index (χ4v) is 3.53. The van der Waals surface area contributed by atoms with Crippen LogP contribution in [0.2, 0.25) is 0 Å². The highest BCUT2D eigenvalue weighted by molar-refractivity contribution is 5.86. The fraction of sp³-hybridized carbons (Fsp3) is 0.444. The maximum absolute atomic E-state index is 6.12. The van der Waals surface area contributed by atoms with Gasteiger partial charge < -0.3 is 10.5 Å². The number of rotatable bonds is 5. The zero-order chi connectivity index (χ0) is 14.7. The number of hydrogen-bond acceptors (Lipinski definition) is 3. The van der Waals surface area contributed by atoms with Gasteiger partial charge in [0.25, 0.3) is 0 Å². The number of likely N-dealkylation sites (tertiary alicyclic amines) is 1. The van der Waals surface area contributed by atoms with Crippen LogP contribution in [0.4, 0.5) is 0 Å². The Kier molecular flexibility index (Phi) is 4.54. The predicted octanol–water partition coefficient (Wildman–Crippen LogP) is 2.81. The van der Waals surface area contributed by atoms with Crippen molar-refractivity contribution in [2.75, 3.05) is 33.4 Å². The van der Waals surface area contributed by atoms with E-state index in [2.05, 4.69) is 47.4 Å². The average Bonchev–Trinajstić information content (AvgIpc) is 2.97. The van der Waals surface area contributed by atoms with Gasteiger partial charge in [-0.25, -0.2) is 0 Å². The van der Waals surface area contributed by atoms with Crippen molar-refractivity contribution in [2.24, 2.45) is 11.7 Å². The Morgan fingerprint density at radius 1 is 1.24 bits per heavy atom. The quantitative estimate of drug-likeness (QED) is 0.917. The average molecular weight is 284 g/mol. The highest BCUT2D eigenvalue weighted by Crippen LogP contribution is 2.31. The molecule has 3 rings (SSSR count). The molecule has 1 saturated heterocycles. The van der Waals surface area contributed by atoms with E-state index >= 15 is 0 Å². The second-order valence-electron chi connectivity index (χ2n) is 5.92. The van der Waals surface area contributed by atoms with Crippen LogP contribution < -0.4 is 5.73 Å². The molecule has 0 aromatic heterocycles. The number of nitrogens with zero attached hydrogens (tertiary/aromatic N) is 1. The first-order valence-corrected chi connectivity index (χ1v) is 7.74. The van der Waals surface area contributed by atoms with Crippen molar-refractivity contribution in [3.63, 3.8) is 0 Å². The molecule has 2 atom stereocenters. The summed E-state index contributed by atoms with van der Waals surface area (Å²) in [4.78, 5) is 2.52. The Hall–Kier alpha value is -1.42. The zero-order valence-corrected chi connectivity index (χ0v) is 12.7. The van der Waals surface area contributed by atoms with Crippen molar-refractivity contribution < 1.29 is 4.74 Å². The molecule has 2 N–H and O–H groups in total. The molecule has 2 aromatic rings. The Balaban J connectivity index is 1.89. The van der Waals surface area contributed by atoms with Gasteiger partial charge in [0, 0.05) is 26.2 Å². The van der Waals surface area contributed by atoms with Crippen LogP contribution >= 0.6 is 0 Å². The van der Waals surface area contributed by atoms with E-state index in [0.717, 1.165) is 19.7 Å². The van der Waals surface area contributed by atoms with Crippen LogP contribution in [0, 0.1) is 5.92 Å². The lowest BCUT2D eigenvalue weighted by Crippen LogP contribution is -2.32. The minimum Gasteiger partial charge on any atom is -0.384 e. The number of methoxy groups -OCH3 is 1. The van der Waals surface area contributed by atoms with Gasteiger partial charge in [-0.1, -0.05) is 42.5 Å². The van der Waals surface area contributed by atoms with E-state index in [0.29, 0.717) is 18.5 Å². The van der Waals surface area contributed by atoms with Gasteiger partial charge in [0.1, 0.15) is 0 Å². The van der Waals surface area contributed by atoms with E-state index in [1.807, 2.05) is 0 Å². The molecular weight excluding hydrogens is 260 g/mol. The Morgan fingerprint density at radius 3 is 2.86 bits per heavy atom. The van der Waals surface area contributed by atoms with Gasteiger partial charge in [0.05, 0.1) is 6.61 Å². The van der Waals surface area contributed by atoms with Crippen LogP contribution in [0.5, 0.6) is 0 Å². The maximum atomic E-state index is 6.12. The molecule has 3 heteroatoms. The van der Waals surface area contributed by atoms with Gasteiger partial charge in [0.2, 0.25) is 0 Å². The zero-order valence-electron chi connectivity index (χ0n) is 12.7. The van der Waals surface area contributed by atoms with E-state index < -0.39 is 0 Å². The van der Waals surface area contributed by atoms with Crippen LogP contribution in [0.3, 0.4) is 0 Å². The summed E-state index contributed by atoms with van der Waals surface area (Å²) in [6.07, 6.45) is 1.20. The van der Waals surface area contributed by atoms with Gasteiger partial charge in [-0.3, -0.25) is 4.90 Å². The van der Waals surface area contributed by atoms with E-state index in [-0.39, 0.29) is 0 Å². The molecule has 3 nitrogen and oxygen atoms in total. The Labute approximate surface area is 126 Å². The molecule has 1 heterocycles. The van der Waals surface area contributed by atoms with Crippen LogP contribution in [0.15, 0.2) is 42.5 Å². The third kappa shape index (κ3) is 2.95. The summed E-state index contributed by atoms with van der Waals surface area (Å²) in [5.74, 6) is 0.638. The van der Waals surface area contributed by atoms with Gasteiger partial charge in [-0.15, -0.1) is 0 Å². The molecule has 0 spiro atoms. The number of benzene rings is 2. The molecule has 0 aliphatic carbocycles. The first-order chi connectivity index (χ1) is 10.3. The van der Waals surface area contributed by atoms with Crippen molar-refractivity contribution in [1.29, 1.82) is 0 Å². The smallest absolute Gasteiger partial charge is 0.0503 e. The summed E-state index contributed by atoms with van der Waals surface area (Å²) in [5.41, 5.74) is 7.48. The van der Waals surface area contributed by atoms with E-state index in [1.54, 1.807) is 7.11 Å². The first kappa shape index (κ1) is 14.5. The molecule has 0 bridgehead atoms. The van der Waals surface area contributed by atoms with Gasteiger partial charge in [-0.2, -0.15) is 0 Å². The molecule has 0 radical (unpaired) electrons. The third-order valence-electron chi connectivity index (χ3n) is 4.57. The molecule has 112 valence electrons. The van der Waals surface area contributed by atoms with E-state index in [1.165, 1.54) is 22.8 Å². The molecule has 21 heavy (non-hydrogen) atoms. The lowest BCUT2D eigenvalue weighted by molar-refractivity contribution is 0.147. The summed E-state index contributed by atoms with van der Waals surface area (Å²) >= 11 is 0. The summed E-state index contributed by atoms with van der Waals surface area (Å²) < 4.78 is 5.31. The third-order valence-corrected chi connectivity index (χ3v) is 4.57. The van der Waals surface area contributed by atoms with Crippen molar-refractivity contribution in [2.45, 2.75) is 12.5 Å². The SMILES string of the molecule is COCC1CCN(C(CN)c2cccc3ccccc23)C1. The highest BCUT2D eigenvalue weighted by Gasteiger charge is 2.29. The normalized spacial score (nSPS) is 21.0. The number of hydrogen-bond donors (Lipinski definition) is 1. The molecule has 0 saturated carbocycles. The number of nitrogens with two attached hydrogens (primary N) is 1. The molecule has 0 amide bonds. The molecule has 1 aliphatic heterocycles. The van der Waals surface area contributed by atoms with Crippen molar-refractivity contribution in [3.8, 4) is 0 Å². The molecule has 2 unspecified atom stereocenters. The van der Waals surface area contributed by atoms with Gasteiger partial charge in [0.15, 0.2) is 0 Å². The monoisotopic (exact) mass is 284 g/mol. The second-order valence-corrected chi connectivity index (χ2v) is 5.92. The number of ether oxygens (including phenoxy) is 1. The lowest BCUT2D eigenvalue weighted by Gasteiger charge is -2.28. The first-order valence-electron chi connectivity index (χ1n) is 7.74. The molecule has 1 fully saturated rings. The minimum absolute atomic E-state index is 0.304. The maximum Gasteiger partial charge on any atom is 0.0503 e. The lowest BCUT2D eigenvalue weighted by atomic mass is 9.98. The summed E-state index contributed by atoms with van der Waals surface area (Å²) in [7, 11) is 1.79. The standard InChI is InChI=1S/C18H24N2O/c1-21-13-14-9-10-20(12-14)18(11-19)17-8-4-6-15-5-2-3-7-16(15)17/h2-8,14,18H,9-13,19H2,1H3. The summed E-state index contributed by atoms with van der Waals surface area (Å²) in [5, 5.41) is 2.62. The topological polar surface area (TPSA) is 38.5 Å². The predicted molar refractivity (Wildman–Crippen MR) is 87.3 cm³/mol. The Bertz CT molecular complexity index is 593. The minimum atomic E-state index is 0.304. The van der Waals surface area contributed by atoms with Crippen LogP contribution in [-0.2, 0) is 4.74 Å². The van der Waals surface area contributed by atoms with Crippen molar-refractivity contribution >= 4 is 10.8 Å². The fourth-order valence-electron chi connectivity index (χ4n) is 3.53. The number of fused-ring (bicyclic) bond motifs is 1. The Morgan fingerprint density at radius 2 is 2.05 bits per heavy atom. The van der Waals surface area contributed by atoms with Crippen LogP contribution in [0.1, 0.15) is 18.0 Å². The summed E-state index contributed by atoms with van der Waals surface area (Å²) in [6, 6.07) is 15.4. The van der Waals surface area contributed by atoms with Gasteiger partial charge >= 0.3 is 0 Å². The van der Waals surface area contributed by atoms with E-state index in [9.17, 15) is 0 Å². The van der Waals surface area contributed by atoms with Crippen molar-refractivity contribution in [1.82, 2.24) is 4.90 Å². The van der Waals surface area contributed by atoms with Crippen molar-refractivity contribution in [3.05, 3.63) is 48.0 Å². The van der Waals surface area contributed by atoms with Gasteiger partial charge in [-0.05, 0) is 35.2 Å². The van der Waals surface area contributed by atoms with Crippen LogP contribution in [-0.4, -0.2) is 38.3 Å². The van der Waals surface area contributed by atoms with E-state index in [4.69, 9.17) is 10.5 Å². The molecular formula is C18H24N2O.